The minimum atomic E-state index is -3.63. The van der Waals surface area contributed by atoms with Gasteiger partial charge in [-0.2, -0.15) is 4.31 Å². The first-order chi connectivity index (χ1) is 12.4. The van der Waals surface area contributed by atoms with E-state index in [1.165, 1.54) is 10.4 Å². The van der Waals surface area contributed by atoms with Gasteiger partial charge in [-0.05, 0) is 56.2 Å². The number of carbonyl (C=O) groups excluding carboxylic acids is 1. The maximum absolute atomic E-state index is 12.8. The fourth-order valence-electron chi connectivity index (χ4n) is 3.48. The highest BCUT2D eigenvalue weighted by Gasteiger charge is 2.28. The van der Waals surface area contributed by atoms with Crippen molar-refractivity contribution in [2.45, 2.75) is 50.5 Å². The summed E-state index contributed by atoms with van der Waals surface area (Å²) < 4.78 is 37.9. The molecule has 26 heavy (non-hydrogen) atoms. The molecule has 144 valence electrons. The van der Waals surface area contributed by atoms with Crippen molar-refractivity contribution in [3.63, 3.8) is 0 Å². The molecule has 2 aliphatic rings. The molecule has 0 N–H and O–H groups in total. The number of benzene rings is 1. The maximum Gasteiger partial charge on any atom is 0.338 e. The van der Waals surface area contributed by atoms with Crippen LogP contribution in [0.3, 0.4) is 0 Å². The van der Waals surface area contributed by atoms with Crippen molar-refractivity contribution < 1.29 is 22.7 Å². The van der Waals surface area contributed by atoms with Gasteiger partial charge in [0.05, 0.1) is 23.7 Å². The predicted molar refractivity (Wildman–Crippen MR) is 97.6 cm³/mol. The van der Waals surface area contributed by atoms with E-state index in [4.69, 9.17) is 9.47 Å². The largest absolute Gasteiger partial charge is 0.459 e. The molecule has 1 aliphatic carbocycles. The lowest BCUT2D eigenvalue weighted by Gasteiger charge is -2.27. The van der Waals surface area contributed by atoms with Crippen LogP contribution in [-0.2, 0) is 19.5 Å². The summed E-state index contributed by atoms with van der Waals surface area (Å²) in [5.74, 6) is 0.245. The van der Waals surface area contributed by atoms with E-state index < -0.39 is 16.0 Å². The third-order valence-corrected chi connectivity index (χ3v) is 7.17. The van der Waals surface area contributed by atoms with E-state index in [-0.39, 0.29) is 11.0 Å². The van der Waals surface area contributed by atoms with Crippen molar-refractivity contribution in [1.82, 2.24) is 4.31 Å². The predicted octanol–water partition coefficient (Wildman–Crippen LogP) is 2.75. The summed E-state index contributed by atoms with van der Waals surface area (Å²) in [5.41, 5.74) is 1.05. The van der Waals surface area contributed by atoms with Gasteiger partial charge in [0.2, 0.25) is 10.0 Å². The van der Waals surface area contributed by atoms with Crippen LogP contribution in [0.15, 0.2) is 23.1 Å². The van der Waals surface area contributed by atoms with Gasteiger partial charge in [0.25, 0.3) is 0 Å². The van der Waals surface area contributed by atoms with Crippen LogP contribution in [0.1, 0.15) is 48.5 Å². The molecule has 0 bridgehead atoms. The van der Waals surface area contributed by atoms with Crippen LogP contribution in [0.2, 0.25) is 0 Å². The summed E-state index contributed by atoms with van der Waals surface area (Å²) >= 11 is 0. The van der Waals surface area contributed by atoms with E-state index in [9.17, 15) is 13.2 Å². The van der Waals surface area contributed by atoms with Gasteiger partial charge >= 0.3 is 5.97 Å². The molecular formula is C19H27NO5S. The highest BCUT2D eigenvalue weighted by molar-refractivity contribution is 7.89. The highest BCUT2D eigenvalue weighted by atomic mass is 32.2. The molecule has 0 atom stereocenters. The van der Waals surface area contributed by atoms with Crippen molar-refractivity contribution >= 4 is 16.0 Å². The van der Waals surface area contributed by atoms with E-state index >= 15 is 0 Å². The third kappa shape index (κ3) is 4.27. The van der Waals surface area contributed by atoms with Gasteiger partial charge in [-0.1, -0.05) is 13.0 Å². The first-order valence-electron chi connectivity index (χ1n) is 9.27. The summed E-state index contributed by atoms with van der Waals surface area (Å²) in [6.45, 7) is 5.44. The zero-order chi connectivity index (χ0) is 18.7. The van der Waals surface area contributed by atoms with Crippen molar-refractivity contribution in [2.24, 2.45) is 5.92 Å². The lowest BCUT2D eigenvalue weighted by molar-refractivity contribution is 0.0172. The molecule has 0 unspecified atom stereocenters. The topological polar surface area (TPSA) is 72.9 Å². The fraction of sp³-hybridized carbons (Fsp3) is 0.632. The Kier molecular flexibility index (Phi) is 5.99. The Morgan fingerprint density at radius 2 is 1.81 bits per heavy atom. The molecule has 1 aromatic rings. The zero-order valence-corrected chi connectivity index (χ0v) is 16.3. The smallest absolute Gasteiger partial charge is 0.338 e. The number of hydrogen-bond donors (Lipinski definition) is 0. The lowest BCUT2D eigenvalue weighted by atomic mass is 9.89. The molecule has 1 saturated carbocycles. The molecule has 0 spiro atoms. The molecule has 1 aromatic carbocycles. The maximum atomic E-state index is 12.8. The van der Waals surface area contributed by atoms with Crippen molar-refractivity contribution in [1.29, 1.82) is 0 Å². The zero-order valence-electron chi connectivity index (χ0n) is 15.4. The van der Waals surface area contributed by atoms with Crippen LogP contribution in [0.25, 0.3) is 0 Å². The highest BCUT2D eigenvalue weighted by Crippen LogP contribution is 2.27. The fourth-order valence-corrected chi connectivity index (χ4v) is 4.91. The Balaban J connectivity index is 1.77. The average molecular weight is 381 g/mol. The van der Waals surface area contributed by atoms with Crippen LogP contribution >= 0.6 is 0 Å². The number of morpholine rings is 1. The summed E-state index contributed by atoms with van der Waals surface area (Å²) in [4.78, 5) is 12.8. The van der Waals surface area contributed by atoms with Crippen molar-refractivity contribution in [2.75, 3.05) is 26.3 Å². The van der Waals surface area contributed by atoms with Gasteiger partial charge in [0.15, 0.2) is 0 Å². The number of nitrogens with zero attached hydrogens (tertiary/aromatic N) is 1. The number of rotatable bonds is 4. The third-order valence-electron chi connectivity index (χ3n) is 5.27. The number of carbonyl (C=O) groups is 1. The van der Waals surface area contributed by atoms with Crippen LogP contribution in [0.5, 0.6) is 0 Å². The van der Waals surface area contributed by atoms with Gasteiger partial charge in [-0.3, -0.25) is 0 Å². The van der Waals surface area contributed by atoms with Gasteiger partial charge < -0.3 is 9.47 Å². The quantitative estimate of drug-likeness (QED) is 0.750. The van der Waals surface area contributed by atoms with Crippen LogP contribution in [0.4, 0.5) is 0 Å². The molecule has 6 nitrogen and oxygen atoms in total. The first-order valence-corrected chi connectivity index (χ1v) is 10.7. The monoisotopic (exact) mass is 381 g/mol. The SMILES string of the molecule is Cc1ccc(S(=O)(=O)N2CCOCC2)cc1C(=O)OC1CCC(C)CC1. The number of esters is 1. The summed E-state index contributed by atoms with van der Waals surface area (Å²) in [6, 6.07) is 4.68. The number of sulfonamides is 1. The minimum absolute atomic E-state index is 0.0717. The van der Waals surface area contributed by atoms with E-state index in [1.807, 2.05) is 0 Å². The van der Waals surface area contributed by atoms with Crippen molar-refractivity contribution in [3.05, 3.63) is 29.3 Å². The summed E-state index contributed by atoms with van der Waals surface area (Å²) in [5, 5.41) is 0. The summed E-state index contributed by atoms with van der Waals surface area (Å²) in [7, 11) is -3.63. The molecule has 7 heteroatoms. The molecular weight excluding hydrogens is 354 g/mol. The van der Waals surface area contributed by atoms with Crippen LogP contribution in [-0.4, -0.2) is 51.1 Å². The average Bonchev–Trinajstić information content (AvgIpc) is 2.64. The van der Waals surface area contributed by atoms with E-state index in [2.05, 4.69) is 6.92 Å². The first kappa shape index (κ1) is 19.3. The Hall–Kier alpha value is -1.44. The Morgan fingerprint density at radius 3 is 2.46 bits per heavy atom. The molecule has 0 radical (unpaired) electrons. The molecule has 1 saturated heterocycles. The van der Waals surface area contributed by atoms with E-state index in [1.54, 1.807) is 19.1 Å². The van der Waals surface area contributed by atoms with Crippen LogP contribution in [0, 0.1) is 12.8 Å². The second kappa shape index (κ2) is 8.06. The summed E-state index contributed by atoms with van der Waals surface area (Å²) in [6.07, 6.45) is 3.79. The van der Waals surface area contributed by atoms with Gasteiger partial charge in [0.1, 0.15) is 6.10 Å². The molecule has 1 heterocycles. The van der Waals surface area contributed by atoms with E-state index in [0.717, 1.165) is 31.2 Å². The standard InChI is InChI=1S/C19H27NO5S/c1-14-3-6-16(7-4-14)25-19(21)18-13-17(8-5-15(18)2)26(22,23)20-9-11-24-12-10-20/h5,8,13-14,16H,3-4,6-7,9-12H2,1-2H3. The molecule has 1 aliphatic heterocycles. The number of hydrogen-bond acceptors (Lipinski definition) is 5. The Morgan fingerprint density at radius 1 is 1.15 bits per heavy atom. The van der Waals surface area contributed by atoms with E-state index in [0.29, 0.717) is 37.8 Å². The molecule has 0 amide bonds. The molecule has 2 fully saturated rings. The second-order valence-electron chi connectivity index (χ2n) is 7.28. The lowest BCUT2D eigenvalue weighted by Crippen LogP contribution is -2.40. The van der Waals surface area contributed by atoms with Gasteiger partial charge in [-0.25, -0.2) is 13.2 Å². The second-order valence-corrected chi connectivity index (χ2v) is 9.22. The molecule has 0 aromatic heterocycles. The van der Waals surface area contributed by atoms with Crippen LogP contribution < -0.4 is 0 Å². The van der Waals surface area contributed by atoms with Gasteiger partial charge in [-0.15, -0.1) is 0 Å². The number of aryl methyl sites for hydroxylation is 1. The normalized spacial score (nSPS) is 25.0. The Bertz CT molecular complexity index is 747. The minimum Gasteiger partial charge on any atom is -0.459 e. The van der Waals surface area contributed by atoms with Crippen molar-refractivity contribution in [3.8, 4) is 0 Å². The van der Waals surface area contributed by atoms with Gasteiger partial charge in [0, 0.05) is 13.1 Å². The number of ether oxygens (including phenoxy) is 2. The molecule has 3 rings (SSSR count). The Labute approximate surface area is 155 Å².